The zero-order chi connectivity index (χ0) is 18.9. The number of hydrogen-bond acceptors (Lipinski definition) is 4. The molecule has 0 aliphatic heterocycles. The molecular weight excluding hydrogens is 418 g/mol. The molecule has 0 aliphatic rings. The zero-order valence-electron chi connectivity index (χ0n) is 15.1. The van der Waals surface area contributed by atoms with Gasteiger partial charge in [-0.1, -0.05) is 30.7 Å². The van der Waals surface area contributed by atoms with Gasteiger partial charge in [0.25, 0.3) is 0 Å². The number of aliphatic hydroxyl groups is 1. The molecule has 6 heteroatoms. The number of aliphatic hydroxyl groups excluding tert-OH is 1. The Hall–Kier alpha value is -1.27. The molecule has 0 amide bonds. The molecule has 2 N–H and O–H groups in total. The summed E-state index contributed by atoms with van der Waals surface area (Å²) >= 11 is 9.51. The maximum absolute atomic E-state index is 9.31. The van der Waals surface area contributed by atoms with E-state index in [1.165, 1.54) is 0 Å². The molecule has 1 atom stereocenters. The normalized spacial score (nSPS) is 12.0. The molecule has 2 rings (SSSR count). The van der Waals surface area contributed by atoms with Crippen LogP contribution in [0.4, 0.5) is 0 Å². The van der Waals surface area contributed by atoms with Gasteiger partial charge in [0.15, 0.2) is 11.5 Å². The van der Waals surface area contributed by atoms with Crippen molar-refractivity contribution in [1.82, 2.24) is 5.32 Å². The molecule has 142 valence electrons. The first-order valence-electron chi connectivity index (χ1n) is 8.74. The van der Waals surface area contributed by atoms with Crippen molar-refractivity contribution < 1.29 is 14.6 Å². The Kier molecular flexibility index (Phi) is 8.72. The Morgan fingerprint density at radius 2 is 1.85 bits per heavy atom. The van der Waals surface area contributed by atoms with Gasteiger partial charge in [-0.05, 0) is 64.7 Å². The number of halogens is 2. The molecule has 0 spiro atoms. The lowest BCUT2D eigenvalue weighted by Gasteiger charge is -2.18. The van der Waals surface area contributed by atoms with Gasteiger partial charge in [-0.3, -0.25) is 0 Å². The molecule has 2 aromatic rings. The van der Waals surface area contributed by atoms with Gasteiger partial charge in [0.2, 0.25) is 0 Å². The zero-order valence-corrected chi connectivity index (χ0v) is 17.4. The van der Waals surface area contributed by atoms with Crippen molar-refractivity contribution in [2.24, 2.45) is 0 Å². The lowest BCUT2D eigenvalue weighted by Crippen LogP contribution is -2.31. The number of hydrogen-bond donors (Lipinski definition) is 2. The predicted octanol–water partition coefficient (Wildman–Crippen LogP) is 4.94. The second-order valence-electron chi connectivity index (χ2n) is 5.92. The topological polar surface area (TPSA) is 50.7 Å². The minimum atomic E-state index is 0.0881. The maximum Gasteiger partial charge on any atom is 0.175 e. The highest BCUT2D eigenvalue weighted by Gasteiger charge is 2.13. The third-order valence-electron chi connectivity index (χ3n) is 3.97. The van der Waals surface area contributed by atoms with Crippen LogP contribution in [0.25, 0.3) is 0 Å². The van der Waals surface area contributed by atoms with E-state index in [0.29, 0.717) is 36.3 Å². The molecule has 0 aliphatic carbocycles. The van der Waals surface area contributed by atoms with Crippen LogP contribution in [-0.4, -0.2) is 24.4 Å². The highest BCUT2D eigenvalue weighted by Crippen LogP contribution is 2.37. The number of nitrogens with one attached hydrogen (secondary N) is 1. The molecule has 0 bridgehead atoms. The van der Waals surface area contributed by atoms with Crippen LogP contribution < -0.4 is 14.8 Å². The highest BCUT2D eigenvalue weighted by atomic mass is 79.9. The standard InChI is InChI=1S/C20H25BrClNO3/c1-3-17(12-24)23-11-15-9-18(21)20(19(10-15)25-4-2)26-13-14-5-7-16(22)8-6-14/h5-10,17,23-24H,3-4,11-13H2,1-2H3. The smallest absolute Gasteiger partial charge is 0.175 e. The number of ether oxygens (including phenoxy) is 2. The van der Waals surface area contributed by atoms with Crippen LogP contribution in [-0.2, 0) is 13.2 Å². The summed E-state index contributed by atoms with van der Waals surface area (Å²) in [7, 11) is 0. The van der Waals surface area contributed by atoms with E-state index in [1.54, 1.807) is 0 Å². The van der Waals surface area contributed by atoms with Crippen LogP contribution in [0.2, 0.25) is 5.02 Å². The van der Waals surface area contributed by atoms with Gasteiger partial charge in [-0.2, -0.15) is 0 Å². The fraction of sp³-hybridized carbons (Fsp3) is 0.400. The average molecular weight is 443 g/mol. The Labute approximate surface area is 168 Å². The van der Waals surface area contributed by atoms with E-state index < -0.39 is 0 Å². The van der Waals surface area contributed by atoms with E-state index in [1.807, 2.05) is 50.2 Å². The Balaban J connectivity index is 2.13. The number of rotatable bonds is 10. The summed E-state index contributed by atoms with van der Waals surface area (Å²) in [6.45, 7) is 5.74. The fourth-order valence-electron chi connectivity index (χ4n) is 2.46. The molecule has 4 nitrogen and oxygen atoms in total. The summed E-state index contributed by atoms with van der Waals surface area (Å²) in [6.07, 6.45) is 0.873. The van der Waals surface area contributed by atoms with E-state index in [2.05, 4.69) is 21.2 Å². The van der Waals surface area contributed by atoms with E-state index in [0.717, 1.165) is 22.0 Å². The molecular formula is C20H25BrClNO3. The summed E-state index contributed by atoms with van der Waals surface area (Å²) in [4.78, 5) is 0. The van der Waals surface area contributed by atoms with Gasteiger partial charge >= 0.3 is 0 Å². The monoisotopic (exact) mass is 441 g/mol. The van der Waals surface area contributed by atoms with Crippen LogP contribution in [0, 0.1) is 0 Å². The molecule has 0 saturated carbocycles. The van der Waals surface area contributed by atoms with Crippen LogP contribution >= 0.6 is 27.5 Å². The van der Waals surface area contributed by atoms with Gasteiger partial charge < -0.3 is 19.9 Å². The average Bonchev–Trinajstić information content (AvgIpc) is 2.63. The van der Waals surface area contributed by atoms with Crippen molar-refractivity contribution in [2.75, 3.05) is 13.2 Å². The van der Waals surface area contributed by atoms with E-state index in [-0.39, 0.29) is 12.6 Å². The molecule has 1 unspecified atom stereocenters. The van der Waals surface area contributed by atoms with E-state index in [4.69, 9.17) is 21.1 Å². The SMILES string of the molecule is CCOc1cc(CNC(CC)CO)cc(Br)c1OCc1ccc(Cl)cc1. The van der Waals surface area contributed by atoms with Gasteiger partial charge in [0.1, 0.15) is 6.61 Å². The van der Waals surface area contributed by atoms with Gasteiger partial charge in [0.05, 0.1) is 17.7 Å². The van der Waals surface area contributed by atoms with Crippen molar-refractivity contribution in [3.8, 4) is 11.5 Å². The summed E-state index contributed by atoms with van der Waals surface area (Å²) in [5, 5.41) is 13.4. The van der Waals surface area contributed by atoms with Crippen LogP contribution in [0.15, 0.2) is 40.9 Å². The first-order chi connectivity index (χ1) is 12.6. The molecule has 0 heterocycles. The van der Waals surface area contributed by atoms with Crippen molar-refractivity contribution in [2.45, 2.75) is 39.5 Å². The largest absolute Gasteiger partial charge is 0.490 e. The third-order valence-corrected chi connectivity index (χ3v) is 4.81. The molecule has 0 saturated heterocycles. The molecule has 0 radical (unpaired) electrons. The first-order valence-corrected chi connectivity index (χ1v) is 9.91. The van der Waals surface area contributed by atoms with Crippen LogP contribution in [0.3, 0.4) is 0 Å². The van der Waals surface area contributed by atoms with Gasteiger partial charge in [-0.15, -0.1) is 0 Å². The first kappa shape index (κ1) is 21.0. The summed E-state index contributed by atoms with van der Waals surface area (Å²) in [6, 6.07) is 11.6. The van der Waals surface area contributed by atoms with E-state index >= 15 is 0 Å². The molecule has 0 fully saturated rings. The fourth-order valence-corrected chi connectivity index (χ4v) is 3.19. The second-order valence-corrected chi connectivity index (χ2v) is 7.21. The van der Waals surface area contributed by atoms with Crippen molar-refractivity contribution in [3.63, 3.8) is 0 Å². The quantitative estimate of drug-likeness (QED) is 0.547. The van der Waals surface area contributed by atoms with Crippen molar-refractivity contribution in [1.29, 1.82) is 0 Å². The van der Waals surface area contributed by atoms with Gasteiger partial charge in [-0.25, -0.2) is 0 Å². The lowest BCUT2D eigenvalue weighted by molar-refractivity contribution is 0.238. The van der Waals surface area contributed by atoms with Crippen molar-refractivity contribution in [3.05, 3.63) is 57.0 Å². The summed E-state index contributed by atoms with van der Waals surface area (Å²) in [5.41, 5.74) is 2.09. The van der Waals surface area contributed by atoms with Crippen molar-refractivity contribution >= 4 is 27.5 Å². The van der Waals surface area contributed by atoms with Gasteiger partial charge in [0, 0.05) is 17.6 Å². The third kappa shape index (κ3) is 6.16. The Morgan fingerprint density at radius 1 is 1.12 bits per heavy atom. The minimum Gasteiger partial charge on any atom is -0.490 e. The Morgan fingerprint density at radius 3 is 2.46 bits per heavy atom. The Bertz CT molecular complexity index is 690. The molecule has 26 heavy (non-hydrogen) atoms. The molecule has 0 aromatic heterocycles. The summed E-state index contributed by atoms with van der Waals surface area (Å²) < 4.78 is 12.6. The summed E-state index contributed by atoms with van der Waals surface area (Å²) in [5.74, 6) is 1.38. The lowest BCUT2D eigenvalue weighted by atomic mass is 10.1. The second kappa shape index (κ2) is 10.8. The number of benzene rings is 2. The minimum absolute atomic E-state index is 0.0881. The van der Waals surface area contributed by atoms with Crippen LogP contribution in [0.1, 0.15) is 31.4 Å². The highest BCUT2D eigenvalue weighted by molar-refractivity contribution is 9.10. The maximum atomic E-state index is 9.31. The van der Waals surface area contributed by atoms with Crippen LogP contribution in [0.5, 0.6) is 11.5 Å². The predicted molar refractivity (Wildman–Crippen MR) is 109 cm³/mol. The van der Waals surface area contributed by atoms with E-state index in [9.17, 15) is 5.11 Å². The molecule has 2 aromatic carbocycles.